The van der Waals surface area contributed by atoms with E-state index in [4.69, 9.17) is 22.9 Å². The van der Waals surface area contributed by atoms with Crippen LogP contribution in [0.2, 0.25) is 0 Å². The molecule has 12 N–H and O–H groups in total. The van der Waals surface area contributed by atoms with E-state index in [0.29, 0.717) is 48.7 Å². The molecular weight excluding hydrogens is 444 g/mol. The Bertz CT molecular complexity index is 929. The van der Waals surface area contributed by atoms with Gasteiger partial charge in [-0.05, 0) is 47.5 Å². The summed E-state index contributed by atoms with van der Waals surface area (Å²) in [5, 5.41) is 27.2. The Morgan fingerprint density at radius 1 is 0.758 bits per heavy atom. The van der Waals surface area contributed by atoms with Gasteiger partial charge in [0.1, 0.15) is 0 Å². The third-order valence-electron chi connectivity index (χ3n) is 4.98. The highest BCUT2D eigenvalue weighted by Crippen LogP contribution is 2.23. The molecule has 33 heavy (non-hydrogen) atoms. The van der Waals surface area contributed by atoms with Gasteiger partial charge in [0.05, 0.1) is 23.7 Å². The predicted molar refractivity (Wildman–Crippen MR) is 135 cm³/mol. The van der Waals surface area contributed by atoms with Gasteiger partial charge in [-0.1, -0.05) is 0 Å². The maximum absolute atomic E-state index is 12.6. The molecule has 2 aromatic carbocycles. The van der Waals surface area contributed by atoms with Gasteiger partial charge in [-0.3, -0.25) is 0 Å². The molecule has 0 amide bonds. The van der Waals surface area contributed by atoms with E-state index in [1.807, 2.05) is 0 Å². The average Bonchev–Trinajstić information content (AvgIpc) is 2.71. The molecule has 0 aliphatic heterocycles. The van der Waals surface area contributed by atoms with Gasteiger partial charge in [-0.15, -0.1) is 0 Å². The van der Waals surface area contributed by atoms with E-state index in [1.165, 1.54) is 0 Å². The number of nitrogens with one attached hydrogen (secondary N) is 2. The minimum Gasteiger partial charge on any atom is -0.399 e. The Balaban J connectivity index is 2.01. The van der Waals surface area contributed by atoms with E-state index < -0.39 is 33.6 Å². The molecule has 10 nitrogen and oxygen atoms in total. The maximum atomic E-state index is 12.6. The number of nitrogens with two attached hydrogens (primary N) is 4. The summed E-state index contributed by atoms with van der Waals surface area (Å²) in [6, 6.07) is 10.4. The lowest BCUT2D eigenvalue weighted by Crippen LogP contribution is -2.31. The molecular formula is C22H36N6O4S. The van der Waals surface area contributed by atoms with E-state index in [0.717, 1.165) is 11.4 Å². The predicted octanol–water partition coefficient (Wildman–Crippen LogP) is -0.486. The molecule has 0 aromatic heterocycles. The fraction of sp³-hybridized carbons (Fsp3) is 0.455. The second-order valence-corrected chi connectivity index (χ2v) is 10.2. The number of aliphatic hydroxyl groups excluding tert-OH is 2. The van der Waals surface area contributed by atoms with Crippen molar-refractivity contribution in [3.05, 3.63) is 47.5 Å². The number of hydrogen-bond donors (Lipinski definition) is 8. The summed E-state index contributed by atoms with van der Waals surface area (Å²) in [5.74, 6) is -0.963. The molecule has 0 heterocycles. The van der Waals surface area contributed by atoms with Crippen LogP contribution in [0.15, 0.2) is 36.4 Å². The third kappa shape index (κ3) is 9.06. The molecule has 2 atom stereocenters. The van der Waals surface area contributed by atoms with E-state index in [-0.39, 0.29) is 12.8 Å². The molecule has 2 aromatic rings. The van der Waals surface area contributed by atoms with E-state index in [9.17, 15) is 18.6 Å². The van der Waals surface area contributed by atoms with Crippen molar-refractivity contribution in [3.8, 4) is 0 Å². The SMILES string of the molecule is NCCNc1ccc(N)cc1CC(O)CS(=O)(=O)CC(O)Cc1cc(N)ccc1NCCN. The number of benzene rings is 2. The van der Waals surface area contributed by atoms with Crippen LogP contribution in [0.4, 0.5) is 22.7 Å². The van der Waals surface area contributed by atoms with Gasteiger partial charge < -0.3 is 43.8 Å². The highest BCUT2D eigenvalue weighted by atomic mass is 32.2. The highest BCUT2D eigenvalue weighted by molar-refractivity contribution is 7.91. The fourth-order valence-corrected chi connectivity index (χ4v) is 5.15. The molecule has 0 radical (unpaired) electrons. The first-order chi connectivity index (χ1) is 15.6. The lowest BCUT2D eigenvalue weighted by Gasteiger charge is -2.18. The van der Waals surface area contributed by atoms with Crippen molar-refractivity contribution in [2.45, 2.75) is 25.0 Å². The summed E-state index contributed by atoms with van der Waals surface area (Å²) in [4.78, 5) is 0. The topological polar surface area (TPSA) is 203 Å². The van der Waals surface area contributed by atoms with Gasteiger partial charge in [0, 0.05) is 61.8 Å². The van der Waals surface area contributed by atoms with Crippen molar-refractivity contribution in [2.75, 3.05) is 59.8 Å². The zero-order chi connectivity index (χ0) is 24.4. The molecule has 184 valence electrons. The van der Waals surface area contributed by atoms with E-state index in [1.54, 1.807) is 36.4 Å². The fourth-order valence-electron chi connectivity index (χ4n) is 3.60. The second kappa shape index (κ2) is 12.6. The summed E-state index contributed by atoms with van der Waals surface area (Å²) in [7, 11) is -3.74. The summed E-state index contributed by atoms with van der Waals surface area (Å²) < 4.78 is 25.3. The number of anilines is 4. The van der Waals surface area contributed by atoms with Crippen LogP contribution in [0.3, 0.4) is 0 Å². The van der Waals surface area contributed by atoms with Gasteiger partial charge >= 0.3 is 0 Å². The van der Waals surface area contributed by atoms with E-state index in [2.05, 4.69) is 10.6 Å². The van der Waals surface area contributed by atoms with Gasteiger partial charge in [0.2, 0.25) is 0 Å². The minimum atomic E-state index is -3.74. The van der Waals surface area contributed by atoms with Crippen molar-refractivity contribution < 1.29 is 18.6 Å². The normalized spacial score (nSPS) is 13.5. The number of aliphatic hydroxyl groups is 2. The first-order valence-electron chi connectivity index (χ1n) is 10.8. The second-order valence-electron chi connectivity index (χ2n) is 8.06. The standard InChI is InChI=1S/C22H36N6O4S/c23-5-7-27-21-3-1-17(25)9-15(21)11-19(29)13-33(31,32)14-20(30)12-16-10-18(26)2-4-22(16)28-8-6-24/h1-4,9-10,19-20,27-30H,5-8,11-14,23-26H2. The van der Waals surface area contributed by atoms with Crippen LogP contribution in [-0.2, 0) is 22.7 Å². The molecule has 0 spiro atoms. The molecule has 0 saturated carbocycles. The van der Waals surface area contributed by atoms with Crippen LogP contribution in [-0.4, -0.2) is 68.5 Å². The zero-order valence-corrected chi connectivity index (χ0v) is 19.5. The quantitative estimate of drug-likeness (QED) is 0.163. The van der Waals surface area contributed by atoms with Crippen LogP contribution in [0.1, 0.15) is 11.1 Å². The molecule has 11 heteroatoms. The highest BCUT2D eigenvalue weighted by Gasteiger charge is 2.23. The van der Waals surface area contributed by atoms with Crippen LogP contribution in [0.5, 0.6) is 0 Å². The van der Waals surface area contributed by atoms with Crippen molar-refractivity contribution in [1.82, 2.24) is 0 Å². The summed E-state index contributed by atoms with van der Waals surface area (Å²) in [5.41, 5.74) is 26.6. The molecule has 2 unspecified atom stereocenters. The van der Waals surface area contributed by atoms with Gasteiger partial charge in [-0.2, -0.15) is 0 Å². The summed E-state index contributed by atoms with van der Waals surface area (Å²) in [6.45, 7) is 1.91. The van der Waals surface area contributed by atoms with Crippen LogP contribution in [0, 0.1) is 0 Å². The van der Waals surface area contributed by atoms with Crippen molar-refractivity contribution in [1.29, 1.82) is 0 Å². The molecule has 0 fully saturated rings. The van der Waals surface area contributed by atoms with Gasteiger partial charge in [0.25, 0.3) is 0 Å². The van der Waals surface area contributed by atoms with Crippen LogP contribution in [0.25, 0.3) is 0 Å². The zero-order valence-electron chi connectivity index (χ0n) is 18.7. The molecule has 0 saturated heterocycles. The third-order valence-corrected chi connectivity index (χ3v) is 6.77. The Hall–Kier alpha value is -2.57. The lowest BCUT2D eigenvalue weighted by molar-refractivity contribution is 0.190. The smallest absolute Gasteiger partial charge is 0.155 e. The van der Waals surface area contributed by atoms with Crippen molar-refractivity contribution in [3.63, 3.8) is 0 Å². The Morgan fingerprint density at radius 2 is 1.15 bits per heavy atom. The van der Waals surface area contributed by atoms with Crippen LogP contribution < -0.4 is 33.6 Å². The number of sulfone groups is 1. The largest absolute Gasteiger partial charge is 0.399 e. The van der Waals surface area contributed by atoms with Crippen molar-refractivity contribution >= 4 is 32.6 Å². The summed E-state index contributed by atoms with van der Waals surface area (Å²) in [6.07, 6.45) is -2.13. The Kier molecular flexibility index (Phi) is 10.2. The first-order valence-corrected chi connectivity index (χ1v) is 12.7. The van der Waals surface area contributed by atoms with E-state index >= 15 is 0 Å². The average molecular weight is 481 g/mol. The summed E-state index contributed by atoms with van der Waals surface area (Å²) >= 11 is 0. The Morgan fingerprint density at radius 3 is 1.52 bits per heavy atom. The monoisotopic (exact) mass is 480 g/mol. The number of hydrogen-bond acceptors (Lipinski definition) is 10. The lowest BCUT2D eigenvalue weighted by atomic mass is 10.1. The number of nitrogen functional groups attached to an aromatic ring is 2. The number of rotatable bonds is 14. The Labute approximate surface area is 195 Å². The molecule has 0 aliphatic rings. The first kappa shape index (κ1) is 26.7. The molecule has 0 aliphatic carbocycles. The van der Waals surface area contributed by atoms with Gasteiger partial charge in [0.15, 0.2) is 9.84 Å². The maximum Gasteiger partial charge on any atom is 0.155 e. The minimum absolute atomic E-state index is 0.0929. The molecule has 2 rings (SSSR count). The van der Waals surface area contributed by atoms with Crippen LogP contribution >= 0.6 is 0 Å². The van der Waals surface area contributed by atoms with Crippen molar-refractivity contribution in [2.24, 2.45) is 11.5 Å². The van der Waals surface area contributed by atoms with Gasteiger partial charge in [-0.25, -0.2) is 8.42 Å². The molecule has 0 bridgehead atoms.